The van der Waals surface area contributed by atoms with Gasteiger partial charge >= 0.3 is 5.97 Å². The molecule has 3 aromatic carbocycles. The number of hydrogen-bond donors (Lipinski definition) is 2. The average molecular weight is 546 g/mol. The van der Waals surface area contributed by atoms with Gasteiger partial charge < -0.3 is 15.4 Å². The van der Waals surface area contributed by atoms with Crippen molar-refractivity contribution in [3.05, 3.63) is 100 Å². The van der Waals surface area contributed by atoms with Crippen molar-refractivity contribution in [1.82, 2.24) is 0 Å². The van der Waals surface area contributed by atoms with E-state index in [2.05, 4.69) is 24.5 Å². The normalized spacial score (nSPS) is 13.2. The minimum absolute atomic E-state index is 0.0875. The van der Waals surface area contributed by atoms with Crippen molar-refractivity contribution in [2.75, 3.05) is 22.1 Å². The van der Waals surface area contributed by atoms with Gasteiger partial charge in [-0.1, -0.05) is 44.5 Å². The Morgan fingerprint density at radius 2 is 1.44 bits per heavy atom. The SMILES string of the molecule is CCCOC(=O)c1ccc(N2C(=O)C(Cl)=C(Nc3ccc(C(=O)Nc4ccc(C(C)C)cc4)cc3)C2=O)cc1. The maximum atomic E-state index is 13.1. The summed E-state index contributed by atoms with van der Waals surface area (Å²) in [4.78, 5) is 51.5. The first-order chi connectivity index (χ1) is 18.7. The number of imide groups is 1. The van der Waals surface area contributed by atoms with Crippen LogP contribution in [0.15, 0.2) is 83.5 Å². The summed E-state index contributed by atoms with van der Waals surface area (Å²) in [6.07, 6.45) is 0.698. The molecule has 1 aliphatic rings. The van der Waals surface area contributed by atoms with Crippen molar-refractivity contribution in [3.8, 4) is 0 Å². The fourth-order valence-electron chi connectivity index (χ4n) is 3.87. The van der Waals surface area contributed by atoms with Crippen LogP contribution >= 0.6 is 11.6 Å². The first kappa shape index (κ1) is 27.6. The van der Waals surface area contributed by atoms with Gasteiger partial charge in [0.05, 0.1) is 17.9 Å². The molecule has 0 aromatic heterocycles. The van der Waals surface area contributed by atoms with E-state index in [1.54, 1.807) is 24.3 Å². The van der Waals surface area contributed by atoms with Gasteiger partial charge in [0, 0.05) is 16.9 Å². The first-order valence-corrected chi connectivity index (χ1v) is 12.9. The lowest BCUT2D eigenvalue weighted by atomic mass is 10.0. The lowest BCUT2D eigenvalue weighted by molar-refractivity contribution is -0.120. The molecule has 0 spiro atoms. The van der Waals surface area contributed by atoms with Crippen LogP contribution in [0.25, 0.3) is 0 Å². The molecule has 0 saturated carbocycles. The van der Waals surface area contributed by atoms with Crippen LogP contribution in [-0.4, -0.2) is 30.3 Å². The van der Waals surface area contributed by atoms with Crippen LogP contribution in [0.5, 0.6) is 0 Å². The van der Waals surface area contributed by atoms with Crippen molar-refractivity contribution in [1.29, 1.82) is 0 Å². The van der Waals surface area contributed by atoms with Crippen molar-refractivity contribution in [3.63, 3.8) is 0 Å². The van der Waals surface area contributed by atoms with Crippen LogP contribution in [0.4, 0.5) is 17.1 Å². The minimum Gasteiger partial charge on any atom is -0.462 e. The summed E-state index contributed by atoms with van der Waals surface area (Å²) in [5.41, 5.74) is 3.24. The van der Waals surface area contributed by atoms with E-state index in [-0.39, 0.29) is 22.3 Å². The molecule has 2 N–H and O–H groups in total. The van der Waals surface area contributed by atoms with Crippen LogP contribution < -0.4 is 15.5 Å². The summed E-state index contributed by atoms with van der Waals surface area (Å²) in [5, 5.41) is 5.48. The molecule has 9 heteroatoms. The third-order valence-corrected chi connectivity index (χ3v) is 6.43. The van der Waals surface area contributed by atoms with Crippen LogP contribution in [0.2, 0.25) is 0 Å². The predicted octanol–water partition coefficient (Wildman–Crippen LogP) is 6.06. The highest BCUT2D eigenvalue weighted by atomic mass is 35.5. The van der Waals surface area contributed by atoms with Gasteiger partial charge in [-0.15, -0.1) is 0 Å². The van der Waals surface area contributed by atoms with Crippen molar-refractivity contribution >= 4 is 52.4 Å². The molecule has 0 bridgehead atoms. The smallest absolute Gasteiger partial charge is 0.338 e. The zero-order chi connectivity index (χ0) is 28.1. The largest absolute Gasteiger partial charge is 0.462 e. The van der Waals surface area contributed by atoms with Gasteiger partial charge in [0.15, 0.2) is 0 Å². The molecule has 0 fully saturated rings. The molecule has 1 heterocycles. The van der Waals surface area contributed by atoms with E-state index in [4.69, 9.17) is 16.3 Å². The van der Waals surface area contributed by atoms with E-state index in [1.807, 2.05) is 31.2 Å². The summed E-state index contributed by atoms with van der Waals surface area (Å²) in [5.74, 6) is -1.70. The zero-order valence-corrected chi connectivity index (χ0v) is 22.5. The molecule has 0 saturated heterocycles. The Balaban J connectivity index is 1.41. The Bertz CT molecular complexity index is 1430. The molecule has 3 amide bonds. The van der Waals surface area contributed by atoms with E-state index in [9.17, 15) is 19.2 Å². The number of rotatable bonds is 9. The summed E-state index contributed by atoms with van der Waals surface area (Å²) < 4.78 is 5.10. The topological polar surface area (TPSA) is 105 Å². The molecule has 3 aromatic rings. The number of hydrogen-bond acceptors (Lipinski definition) is 6. The van der Waals surface area contributed by atoms with Crippen LogP contribution in [-0.2, 0) is 14.3 Å². The summed E-state index contributed by atoms with van der Waals surface area (Å²) >= 11 is 6.23. The second-order valence-electron chi connectivity index (χ2n) is 9.25. The third kappa shape index (κ3) is 6.18. The zero-order valence-electron chi connectivity index (χ0n) is 21.8. The van der Waals surface area contributed by atoms with Gasteiger partial charge in [0.2, 0.25) is 0 Å². The fraction of sp³-hybridized carbons (Fsp3) is 0.200. The van der Waals surface area contributed by atoms with Gasteiger partial charge in [-0.25, -0.2) is 9.69 Å². The van der Waals surface area contributed by atoms with E-state index >= 15 is 0 Å². The van der Waals surface area contributed by atoms with Crippen LogP contribution in [0, 0.1) is 0 Å². The Morgan fingerprint density at radius 1 is 0.846 bits per heavy atom. The number of esters is 1. The average Bonchev–Trinajstić information content (AvgIpc) is 3.15. The van der Waals surface area contributed by atoms with Gasteiger partial charge in [-0.05, 0) is 78.6 Å². The van der Waals surface area contributed by atoms with Gasteiger partial charge in [0.25, 0.3) is 17.7 Å². The molecule has 8 nitrogen and oxygen atoms in total. The molecule has 1 aliphatic heterocycles. The molecule has 200 valence electrons. The molecule has 0 aliphatic carbocycles. The predicted molar refractivity (Wildman–Crippen MR) is 151 cm³/mol. The van der Waals surface area contributed by atoms with E-state index in [0.717, 1.165) is 4.90 Å². The van der Waals surface area contributed by atoms with Gasteiger partial charge in [-0.3, -0.25) is 14.4 Å². The number of ether oxygens (including phenoxy) is 1. The minimum atomic E-state index is -0.690. The number of halogens is 1. The quantitative estimate of drug-likeness (QED) is 0.250. The third-order valence-electron chi connectivity index (χ3n) is 6.08. The number of carbonyl (C=O) groups is 4. The van der Waals surface area contributed by atoms with Gasteiger partial charge in [-0.2, -0.15) is 0 Å². The van der Waals surface area contributed by atoms with Crippen LogP contribution in [0.1, 0.15) is 59.4 Å². The maximum Gasteiger partial charge on any atom is 0.338 e. The Hall–Kier alpha value is -4.43. The maximum absolute atomic E-state index is 13.1. The van der Waals surface area contributed by atoms with Crippen molar-refractivity contribution in [2.24, 2.45) is 0 Å². The number of carbonyl (C=O) groups excluding carboxylic acids is 4. The van der Waals surface area contributed by atoms with Crippen molar-refractivity contribution < 1.29 is 23.9 Å². The molecular weight excluding hydrogens is 518 g/mol. The number of amides is 3. The molecule has 0 atom stereocenters. The lowest BCUT2D eigenvalue weighted by Crippen LogP contribution is -2.32. The first-order valence-electron chi connectivity index (χ1n) is 12.5. The second kappa shape index (κ2) is 12.0. The number of anilines is 3. The molecule has 0 radical (unpaired) electrons. The monoisotopic (exact) mass is 545 g/mol. The van der Waals surface area contributed by atoms with Crippen LogP contribution in [0.3, 0.4) is 0 Å². The van der Waals surface area contributed by atoms with E-state index < -0.39 is 17.8 Å². The van der Waals surface area contributed by atoms with Gasteiger partial charge in [0.1, 0.15) is 10.7 Å². The summed E-state index contributed by atoms with van der Waals surface area (Å²) in [6.45, 7) is 6.40. The number of nitrogens with zero attached hydrogens (tertiary/aromatic N) is 1. The highest BCUT2D eigenvalue weighted by molar-refractivity contribution is 6.53. The fourth-order valence-corrected chi connectivity index (χ4v) is 4.09. The second-order valence-corrected chi connectivity index (χ2v) is 9.63. The number of benzene rings is 3. The molecule has 0 unspecified atom stereocenters. The highest BCUT2D eigenvalue weighted by Crippen LogP contribution is 2.30. The standard InChI is InChI=1S/C30H28ClN3O5/c1-4-17-39-30(38)21-9-15-24(16-10-21)34-28(36)25(31)26(29(34)37)32-22-13-7-20(8-14-22)27(35)33-23-11-5-19(6-12-23)18(2)3/h5-16,18,32H,4,17H2,1-3H3,(H,33,35). The van der Waals surface area contributed by atoms with E-state index in [0.29, 0.717) is 41.4 Å². The lowest BCUT2D eigenvalue weighted by Gasteiger charge is -2.15. The molecular formula is C30H28ClN3O5. The Morgan fingerprint density at radius 3 is 2.03 bits per heavy atom. The molecule has 4 rings (SSSR count). The summed E-state index contributed by atoms with van der Waals surface area (Å²) in [6, 6.07) is 20.0. The Kier molecular flexibility index (Phi) is 8.46. The summed E-state index contributed by atoms with van der Waals surface area (Å²) in [7, 11) is 0. The highest BCUT2D eigenvalue weighted by Gasteiger charge is 2.39. The number of nitrogens with one attached hydrogen (secondary N) is 2. The van der Waals surface area contributed by atoms with Crippen molar-refractivity contribution in [2.45, 2.75) is 33.1 Å². The van der Waals surface area contributed by atoms with E-state index in [1.165, 1.54) is 29.8 Å². The molecule has 39 heavy (non-hydrogen) atoms. The Labute approximate surface area is 231 Å².